The number of amides is 1. The van der Waals surface area contributed by atoms with E-state index in [1.165, 1.54) is 6.20 Å². The maximum atomic E-state index is 12.3. The smallest absolute Gasteiger partial charge is 0.275 e. The molecule has 0 unspecified atom stereocenters. The first-order chi connectivity index (χ1) is 11.0. The van der Waals surface area contributed by atoms with Crippen LogP contribution in [0.4, 0.5) is 11.5 Å². The van der Waals surface area contributed by atoms with E-state index >= 15 is 0 Å². The van der Waals surface area contributed by atoms with E-state index in [0.29, 0.717) is 5.69 Å². The third-order valence-electron chi connectivity index (χ3n) is 3.96. The maximum absolute atomic E-state index is 12.3. The summed E-state index contributed by atoms with van der Waals surface area (Å²) in [5, 5.41) is 2.90. The van der Waals surface area contributed by atoms with E-state index in [1.54, 1.807) is 6.20 Å². The fourth-order valence-electron chi connectivity index (χ4n) is 2.22. The average molecular weight is 312 g/mol. The van der Waals surface area contributed by atoms with Crippen molar-refractivity contribution in [3.05, 3.63) is 47.4 Å². The highest BCUT2D eigenvalue weighted by Crippen LogP contribution is 2.18. The molecule has 0 radical (unpaired) electrons. The standard InChI is InChI=1S/C18H24N4O/c1-5-6-10-22(4)17-12-19-16(11-20-17)18(23)21-15-9-7-8-13(2)14(15)3/h7-9,11-12H,5-6,10H2,1-4H3,(H,21,23). The van der Waals surface area contributed by atoms with Crippen LogP contribution in [-0.4, -0.2) is 29.5 Å². The van der Waals surface area contributed by atoms with Crippen LogP contribution in [0.3, 0.4) is 0 Å². The molecule has 122 valence electrons. The molecule has 0 atom stereocenters. The Balaban J connectivity index is 2.07. The summed E-state index contributed by atoms with van der Waals surface area (Å²) in [5.41, 5.74) is 3.32. The first-order valence-corrected chi connectivity index (χ1v) is 7.93. The Hall–Kier alpha value is -2.43. The van der Waals surface area contributed by atoms with Crippen molar-refractivity contribution in [1.82, 2.24) is 9.97 Å². The van der Waals surface area contributed by atoms with E-state index < -0.39 is 0 Å². The quantitative estimate of drug-likeness (QED) is 0.885. The Morgan fingerprint density at radius 1 is 1.22 bits per heavy atom. The normalized spacial score (nSPS) is 10.4. The number of hydrogen-bond donors (Lipinski definition) is 1. The summed E-state index contributed by atoms with van der Waals surface area (Å²) in [5.74, 6) is 0.538. The van der Waals surface area contributed by atoms with Gasteiger partial charge in [-0.15, -0.1) is 0 Å². The molecule has 1 amide bonds. The van der Waals surface area contributed by atoms with Gasteiger partial charge in [0.25, 0.3) is 5.91 Å². The van der Waals surface area contributed by atoms with Gasteiger partial charge >= 0.3 is 0 Å². The molecule has 2 rings (SSSR count). The number of carbonyl (C=O) groups is 1. The van der Waals surface area contributed by atoms with Gasteiger partial charge in [-0.1, -0.05) is 25.5 Å². The van der Waals surface area contributed by atoms with Gasteiger partial charge in [0, 0.05) is 19.3 Å². The van der Waals surface area contributed by atoms with E-state index in [0.717, 1.165) is 42.0 Å². The number of unbranched alkanes of at least 4 members (excludes halogenated alkanes) is 1. The molecule has 1 aromatic carbocycles. The van der Waals surface area contributed by atoms with Crippen molar-refractivity contribution < 1.29 is 4.79 Å². The minimum atomic E-state index is -0.242. The van der Waals surface area contributed by atoms with Gasteiger partial charge in [-0.3, -0.25) is 4.79 Å². The molecule has 0 bridgehead atoms. The van der Waals surface area contributed by atoms with Crippen molar-refractivity contribution in [2.45, 2.75) is 33.6 Å². The van der Waals surface area contributed by atoms with Crippen LogP contribution in [0.15, 0.2) is 30.6 Å². The van der Waals surface area contributed by atoms with Gasteiger partial charge in [0.15, 0.2) is 0 Å². The first kappa shape index (κ1) is 16.9. The van der Waals surface area contributed by atoms with Crippen molar-refractivity contribution >= 4 is 17.4 Å². The molecule has 1 heterocycles. The maximum Gasteiger partial charge on any atom is 0.275 e. The van der Waals surface area contributed by atoms with E-state index in [-0.39, 0.29) is 5.91 Å². The molecule has 0 saturated carbocycles. The van der Waals surface area contributed by atoms with Crippen molar-refractivity contribution in [2.24, 2.45) is 0 Å². The van der Waals surface area contributed by atoms with Gasteiger partial charge in [0.05, 0.1) is 12.4 Å². The highest BCUT2D eigenvalue weighted by atomic mass is 16.1. The SMILES string of the molecule is CCCCN(C)c1cnc(C(=O)Nc2cccc(C)c2C)cn1. The summed E-state index contributed by atoms with van der Waals surface area (Å²) in [6.07, 6.45) is 5.41. The van der Waals surface area contributed by atoms with Gasteiger partial charge in [0.2, 0.25) is 0 Å². The predicted molar refractivity (Wildman–Crippen MR) is 94.1 cm³/mol. The van der Waals surface area contributed by atoms with Crippen LogP contribution in [0, 0.1) is 13.8 Å². The molecule has 5 nitrogen and oxygen atoms in total. The van der Waals surface area contributed by atoms with Gasteiger partial charge in [0.1, 0.15) is 11.5 Å². The second kappa shape index (κ2) is 7.72. The summed E-state index contributed by atoms with van der Waals surface area (Å²) >= 11 is 0. The summed E-state index contributed by atoms with van der Waals surface area (Å²) < 4.78 is 0. The summed E-state index contributed by atoms with van der Waals surface area (Å²) in [4.78, 5) is 22.9. The fraction of sp³-hybridized carbons (Fsp3) is 0.389. The molecule has 0 saturated heterocycles. The number of aromatic nitrogens is 2. The number of aryl methyl sites for hydroxylation is 1. The third-order valence-corrected chi connectivity index (χ3v) is 3.96. The Kier molecular flexibility index (Phi) is 5.68. The van der Waals surface area contributed by atoms with Crippen LogP contribution < -0.4 is 10.2 Å². The Labute approximate surface area is 137 Å². The Morgan fingerprint density at radius 2 is 2.00 bits per heavy atom. The van der Waals surface area contributed by atoms with Crippen LogP contribution in [0.25, 0.3) is 0 Å². The van der Waals surface area contributed by atoms with Crippen LogP contribution in [0.2, 0.25) is 0 Å². The number of nitrogens with zero attached hydrogens (tertiary/aromatic N) is 3. The third kappa shape index (κ3) is 4.28. The van der Waals surface area contributed by atoms with Crippen LogP contribution in [0.1, 0.15) is 41.4 Å². The van der Waals surface area contributed by atoms with Gasteiger partial charge in [-0.2, -0.15) is 0 Å². The lowest BCUT2D eigenvalue weighted by atomic mass is 10.1. The van der Waals surface area contributed by atoms with Crippen LogP contribution in [0.5, 0.6) is 0 Å². The molecule has 1 aromatic heterocycles. The topological polar surface area (TPSA) is 58.1 Å². The zero-order chi connectivity index (χ0) is 16.8. The monoisotopic (exact) mass is 312 g/mol. The summed E-state index contributed by atoms with van der Waals surface area (Å²) in [6, 6.07) is 5.84. The van der Waals surface area contributed by atoms with Crippen LogP contribution >= 0.6 is 0 Å². The second-order valence-corrected chi connectivity index (χ2v) is 5.74. The Bertz CT molecular complexity index is 667. The Morgan fingerprint density at radius 3 is 2.65 bits per heavy atom. The number of anilines is 2. The van der Waals surface area contributed by atoms with Crippen molar-refractivity contribution in [2.75, 3.05) is 23.8 Å². The minimum absolute atomic E-state index is 0.242. The highest BCUT2D eigenvalue weighted by molar-refractivity contribution is 6.03. The summed E-state index contributed by atoms with van der Waals surface area (Å²) in [7, 11) is 1.98. The van der Waals surface area contributed by atoms with Crippen molar-refractivity contribution in [1.29, 1.82) is 0 Å². The van der Waals surface area contributed by atoms with E-state index in [9.17, 15) is 4.79 Å². The molecule has 0 aliphatic carbocycles. The lowest BCUT2D eigenvalue weighted by molar-refractivity contribution is 0.102. The lowest BCUT2D eigenvalue weighted by Crippen LogP contribution is -2.21. The molecule has 2 aromatic rings. The number of nitrogens with one attached hydrogen (secondary N) is 1. The van der Waals surface area contributed by atoms with Gasteiger partial charge in [-0.25, -0.2) is 9.97 Å². The first-order valence-electron chi connectivity index (χ1n) is 7.93. The largest absolute Gasteiger partial charge is 0.358 e. The second-order valence-electron chi connectivity index (χ2n) is 5.74. The zero-order valence-corrected chi connectivity index (χ0v) is 14.3. The molecule has 1 N–H and O–H groups in total. The molecular formula is C18H24N4O. The molecule has 0 fully saturated rings. The summed E-state index contributed by atoms with van der Waals surface area (Å²) in [6.45, 7) is 7.09. The fourth-order valence-corrected chi connectivity index (χ4v) is 2.22. The van der Waals surface area contributed by atoms with Crippen LogP contribution in [-0.2, 0) is 0 Å². The molecule has 0 spiro atoms. The van der Waals surface area contributed by atoms with E-state index in [1.807, 2.05) is 44.0 Å². The number of benzene rings is 1. The van der Waals surface area contributed by atoms with E-state index in [2.05, 4.69) is 22.2 Å². The highest BCUT2D eigenvalue weighted by Gasteiger charge is 2.11. The minimum Gasteiger partial charge on any atom is -0.358 e. The molecule has 0 aliphatic heterocycles. The molecular weight excluding hydrogens is 288 g/mol. The van der Waals surface area contributed by atoms with Gasteiger partial charge in [-0.05, 0) is 37.5 Å². The van der Waals surface area contributed by atoms with Crippen molar-refractivity contribution in [3.63, 3.8) is 0 Å². The van der Waals surface area contributed by atoms with Gasteiger partial charge < -0.3 is 10.2 Å². The zero-order valence-electron chi connectivity index (χ0n) is 14.3. The molecule has 23 heavy (non-hydrogen) atoms. The number of rotatable bonds is 6. The average Bonchev–Trinajstić information content (AvgIpc) is 2.57. The molecule has 0 aliphatic rings. The number of hydrogen-bond acceptors (Lipinski definition) is 4. The number of carbonyl (C=O) groups excluding carboxylic acids is 1. The predicted octanol–water partition coefficient (Wildman–Crippen LogP) is 3.58. The van der Waals surface area contributed by atoms with Crippen molar-refractivity contribution in [3.8, 4) is 0 Å². The van der Waals surface area contributed by atoms with E-state index in [4.69, 9.17) is 0 Å². The lowest BCUT2D eigenvalue weighted by Gasteiger charge is -2.17. The molecule has 5 heteroatoms.